The van der Waals surface area contributed by atoms with E-state index >= 15 is 0 Å². The smallest absolute Gasteiger partial charge is 0.237 e. The predicted molar refractivity (Wildman–Crippen MR) is 57.0 cm³/mol. The molecule has 0 spiro atoms. The first-order valence-electron chi connectivity index (χ1n) is 4.34. The predicted octanol–water partition coefficient (Wildman–Crippen LogP) is -1.87. The standard InChI is InChI=1S/C8H15N3O3S/c1-2-4-7(9)8(12)11-5-3-6-15(10,13)14/h1,7H,3-6,9H2,(H,11,12)(H2,10,13,14). The van der Waals surface area contributed by atoms with Gasteiger partial charge in [-0.05, 0) is 6.42 Å². The van der Waals surface area contributed by atoms with Crippen molar-refractivity contribution in [3.8, 4) is 12.3 Å². The average Bonchev–Trinajstić information content (AvgIpc) is 2.11. The molecule has 0 aliphatic carbocycles. The molecule has 1 amide bonds. The van der Waals surface area contributed by atoms with Crippen LogP contribution in [-0.4, -0.2) is 32.7 Å². The molecule has 0 aliphatic rings. The molecule has 1 atom stereocenters. The summed E-state index contributed by atoms with van der Waals surface area (Å²) in [4.78, 5) is 11.1. The molecule has 0 aromatic carbocycles. The monoisotopic (exact) mass is 233 g/mol. The van der Waals surface area contributed by atoms with E-state index in [0.717, 1.165) is 0 Å². The number of hydrogen-bond acceptors (Lipinski definition) is 4. The molecule has 6 nitrogen and oxygen atoms in total. The van der Waals surface area contributed by atoms with Gasteiger partial charge in [0.05, 0.1) is 11.8 Å². The summed E-state index contributed by atoms with van der Waals surface area (Å²) in [5.41, 5.74) is 5.40. The first-order valence-corrected chi connectivity index (χ1v) is 6.05. The Morgan fingerprint density at radius 1 is 1.53 bits per heavy atom. The minimum atomic E-state index is -3.47. The maximum atomic E-state index is 11.1. The highest BCUT2D eigenvalue weighted by Crippen LogP contribution is 1.87. The molecule has 0 aromatic heterocycles. The van der Waals surface area contributed by atoms with Gasteiger partial charge in [-0.2, -0.15) is 0 Å². The molecular weight excluding hydrogens is 218 g/mol. The van der Waals surface area contributed by atoms with Crippen LogP contribution in [0.15, 0.2) is 0 Å². The first-order chi connectivity index (χ1) is 6.87. The summed E-state index contributed by atoms with van der Waals surface area (Å²) in [6, 6.07) is -0.746. The number of rotatable bonds is 6. The second-order valence-corrected chi connectivity index (χ2v) is 4.76. The molecule has 0 saturated carbocycles. The van der Waals surface area contributed by atoms with E-state index in [1.165, 1.54) is 0 Å². The van der Waals surface area contributed by atoms with Crippen LogP contribution < -0.4 is 16.2 Å². The molecule has 0 bridgehead atoms. The van der Waals surface area contributed by atoms with Crippen molar-refractivity contribution < 1.29 is 13.2 Å². The highest BCUT2D eigenvalue weighted by molar-refractivity contribution is 7.89. The molecule has 0 fully saturated rings. The van der Waals surface area contributed by atoms with Gasteiger partial charge >= 0.3 is 0 Å². The lowest BCUT2D eigenvalue weighted by Gasteiger charge is -2.08. The number of hydrogen-bond donors (Lipinski definition) is 3. The molecule has 7 heteroatoms. The number of carbonyl (C=O) groups excluding carboxylic acids is 1. The minimum Gasteiger partial charge on any atom is -0.355 e. The molecule has 0 saturated heterocycles. The lowest BCUT2D eigenvalue weighted by molar-refractivity contribution is -0.122. The molecule has 15 heavy (non-hydrogen) atoms. The zero-order chi connectivity index (χ0) is 11.9. The zero-order valence-electron chi connectivity index (χ0n) is 8.27. The normalized spacial score (nSPS) is 12.9. The fourth-order valence-corrected chi connectivity index (χ4v) is 1.38. The molecule has 1 unspecified atom stereocenters. The Bertz CT molecular complexity index is 345. The van der Waals surface area contributed by atoms with Crippen LogP contribution in [0.3, 0.4) is 0 Å². The summed E-state index contributed by atoms with van der Waals surface area (Å²) in [6.07, 6.45) is 5.38. The van der Waals surface area contributed by atoms with Crippen LogP contribution in [0.25, 0.3) is 0 Å². The number of nitrogens with two attached hydrogens (primary N) is 2. The molecule has 0 rings (SSSR count). The summed E-state index contributed by atoms with van der Waals surface area (Å²) in [7, 11) is -3.47. The van der Waals surface area contributed by atoms with Crippen LogP contribution in [0.5, 0.6) is 0 Å². The van der Waals surface area contributed by atoms with E-state index < -0.39 is 16.1 Å². The van der Waals surface area contributed by atoms with Gasteiger partial charge in [-0.3, -0.25) is 4.79 Å². The van der Waals surface area contributed by atoms with E-state index in [2.05, 4.69) is 11.2 Å². The van der Waals surface area contributed by atoms with Gasteiger partial charge in [-0.1, -0.05) is 0 Å². The van der Waals surface area contributed by atoms with Gasteiger partial charge in [-0.15, -0.1) is 12.3 Å². The Kier molecular flexibility index (Phi) is 5.93. The Balaban J connectivity index is 3.70. The van der Waals surface area contributed by atoms with Gasteiger partial charge in [0.1, 0.15) is 0 Å². The minimum absolute atomic E-state index is 0.154. The molecule has 0 radical (unpaired) electrons. The van der Waals surface area contributed by atoms with Crippen molar-refractivity contribution in [1.29, 1.82) is 0 Å². The second-order valence-electron chi connectivity index (χ2n) is 3.03. The first kappa shape index (κ1) is 13.9. The van der Waals surface area contributed by atoms with Crippen molar-refractivity contribution in [2.45, 2.75) is 18.9 Å². The van der Waals surface area contributed by atoms with Gasteiger partial charge in [0.2, 0.25) is 15.9 Å². The third-order valence-electron chi connectivity index (χ3n) is 1.58. The van der Waals surface area contributed by atoms with Crippen molar-refractivity contribution in [3.05, 3.63) is 0 Å². The van der Waals surface area contributed by atoms with Gasteiger partial charge < -0.3 is 11.1 Å². The van der Waals surface area contributed by atoms with E-state index in [0.29, 0.717) is 0 Å². The molecule has 5 N–H and O–H groups in total. The lowest BCUT2D eigenvalue weighted by Crippen LogP contribution is -2.41. The number of amides is 1. The van der Waals surface area contributed by atoms with Crippen molar-refractivity contribution >= 4 is 15.9 Å². The Hall–Kier alpha value is -1.10. The van der Waals surface area contributed by atoms with Crippen LogP contribution in [0.1, 0.15) is 12.8 Å². The number of carbonyl (C=O) groups is 1. The van der Waals surface area contributed by atoms with Crippen molar-refractivity contribution in [3.63, 3.8) is 0 Å². The van der Waals surface area contributed by atoms with Crippen LogP contribution in [-0.2, 0) is 14.8 Å². The van der Waals surface area contributed by atoms with Gasteiger partial charge in [0, 0.05) is 13.0 Å². The topological polar surface area (TPSA) is 115 Å². The quantitative estimate of drug-likeness (QED) is 0.368. The van der Waals surface area contributed by atoms with Crippen LogP contribution in [0.4, 0.5) is 0 Å². The molecule has 86 valence electrons. The SMILES string of the molecule is C#CCC(N)C(=O)NCCCS(N)(=O)=O. The number of terminal acetylenes is 1. The maximum Gasteiger partial charge on any atom is 0.237 e. The maximum absolute atomic E-state index is 11.1. The van der Waals surface area contributed by atoms with Crippen molar-refractivity contribution in [2.75, 3.05) is 12.3 Å². The van der Waals surface area contributed by atoms with E-state index in [9.17, 15) is 13.2 Å². The third kappa shape index (κ3) is 7.93. The molecule has 0 aromatic rings. The Morgan fingerprint density at radius 2 is 2.13 bits per heavy atom. The summed E-state index contributed by atoms with van der Waals surface area (Å²) < 4.78 is 21.1. The van der Waals surface area contributed by atoms with Crippen molar-refractivity contribution in [1.82, 2.24) is 5.32 Å². The third-order valence-corrected chi connectivity index (χ3v) is 2.44. The zero-order valence-corrected chi connectivity index (χ0v) is 9.09. The van der Waals surface area contributed by atoms with Gasteiger partial charge in [0.25, 0.3) is 0 Å². The lowest BCUT2D eigenvalue weighted by atomic mass is 10.2. The summed E-state index contributed by atoms with van der Waals surface area (Å²) in [5, 5.41) is 7.23. The second kappa shape index (κ2) is 6.40. The molecule has 0 heterocycles. The van der Waals surface area contributed by atoms with Gasteiger partial charge in [0.15, 0.2) is 0 Å². The fourth-order valence-electron chi connectivity index (χ4n) is 0.836. The van der Waals surface area contributed by atoms with Crippen LogP contribution >= 0.6 is 0 Å². The number of primary sulfonamides is 1. The van der Waals surface area contributed by atoms with Crippen molar-refractivity contribution in [2.24, 2.45) is 10.9 Å². The van der Waals surface area contributed by atoms with E-state index in [1.54, 1.807) is 0 Å². The summed E-state index contributed by atoms with van der Waals surface area (Å²) in [6.45, 7) is 0.216. The molecular formula is C8H15N3O3S. The largest absolute Gasteiger partial charge is 0.355 e. The summed E-state index contributed by atoms with van der Waals surface area (Å²) >= 11 is 0. The van der Waals surface area contributed by atoms with Crippen LogP contribution in [0, 0.1) is 12.3 Å². The fraction of sp³-hybridized carbons (Fsp3) is 0.625. The number of sulfonamides is 1. The van der Waals surface area contributed by atoms with Crippen LogP contribution in [0.2, 0.25) is 0 Å². The average molecular weight is 233 g/mol. The van der Waals surface area contributed by atoms with E-state index in [-0.39, 0.29) is 31.0 Å². The molecule has 0 aliphatic heterocycles. The highest BCUT2D eigenvalue weighted by Gasteiger charge is 2.11. The summed E-state index contributed by atoms with van der Waals surface area (Å²) in [5.74, 6) is 1.71. The number of nitrogens with one attached hydrogen (secondary N) is 1. The highest BCUT2D eigenvalue weighted by atomic mass is 32.2. The van der Waals surface area contributed by atoms with Gasteiger partial charge in [-0.25, -0.2) is 13.6 Å². The van der Waals surface area contributed by atoms with E-state index in [1.807, 2.05) is 0 Å². The van der Waals surface area contributed by atoms with E-state index in [4.69, 9.17) is 17.3 Å². The Labute approximate surface area is 89.4 Å². The Morgan fingerprint density at radius 3 is 2.60 bits per heavy atom.